The normalized spacial score (nSPS) is 44.4. The summed E-state index contributed by atoms with van der Waals surface area (Å²) in [5.41, 5.74) is 3.25. The summed E-state index contributed by atoms with van der Waals surface area (Å²) in [7, 11) is 0. The Kier molecular flexibility index (Phi) is 5.90. The molecule has 4 aliphatic rings. The van der Waals surface area contributed by atoms with Gasteiger partial charge in [0, 0.05) is 17.8 Å². The van der Waals surface area contributed by atoms with Gasteiger partial charge in [0.1, 0.15) is 5.78 Å². The van der Waals surface area contributed by atoms with Crippen LogP contribution in [0.4, 0.5) is 0 Å². The van der Waals surface area contributed by atoms with E-state index in [1.54, 1.807) is 5.57 Å². The number of hydrogen-bond donors (Lipinski definition) is 1. The maximum Gasteiger partial charge on any atom is 0.139 e. The van der Waals surface area contributed by atoms with Gasteiger partial charge in [-0.05, 0) is 93.3 Å². The maximum absolute atomic E-state index is 13.0. The first-order valence-electron chi connectivity index (χ1n) is 13.0. The first-order chi connectivity index (χ1) is 14.4. The molecule has 31 heavy (non-hydrogen) atoms. The monoisotopic (exact) mass is 426 g/mol. The number of aliphatic hydroxyl groups is 1. The third-order valence-electron chi connectivity index (χ3n) is 10.8. The summed E-state index contributed by atoms with van der Waals surface area (Å²) >= 11 is 0. The van der Waals surface area contributed by atoms with E-state index in [4.69, 9.17) is 0 Å². The second-order valence-corrected chi connectivity index (χ2v) is 12.9. The molecule has 3 saturated carbocycles. The average Bonchev–Trinajstić information content (AvgIpc) is 3.06. The highest BCUT2D eigenvalue weighted by molar-refractivity contribution is 5.82. The molecule has 2 heteroatoms. The van der Waals surface area contributed by atoms with Crippen LogP contribution in [0.25, 0.3) is 0 Å². The molecule has 0 aromatic rings. The predicted molar refractivity (Wildman–Crippen MR) is 129 cm³/mol. The van der Waals surface area contributed by atoms with Crippen LogP contribution in [-0.2, 0) is 4.79 Å². The minimum Gasteiger partial charge on any atom is -0.392 e. The number of fused-ring (bicyclic) bond motifs is 5. The van der Waals surface area contributed by atoms with E-state index < -0.39 is 0 Å². The highest BCUT2D eigenvalue weighted by atomic mass is 16.3. The maximum atomic E-state index is 13.0. The van der Waals surface area contributed by atoms with Crippen molar-refractivity contribution in [2.45, 2.75) is 106 Å². The summed E-state index contributed by atoms with van der Waals surface area (Å²) in [6.45, 7) is 16.0. The summed E-state index contributed by atoms with van der Waals surface area (Å²) in [6, 6.07) is 0. The Labute approximate surface area is 191 Å². The number of carbonyl (C=O) groups is 1. The van der Waals surface area contributed by atoms with Crippen LogP contribution >= 0.6 is 0 Å². The van der Waals surface area contributed by atoms with Crippen molar-refractivity contribution < 1.29 is 9.90 Å². The average molecular weight is 427 g/mol. The molecule has 0 aromatic carbocycles. The molecule has 0 unspecified atom stereocenters. The Balaban J connectivity index is 1.58. The Hall–Kier alpha value is -0.890. The second kappa shape index (κ2) is 7.86. The Morgan fingerprint density at radius 2 is 1.81 bits per heavy atom. The number of allylic oxidation sites excluding steroid dienone is 3. The molecule has 4 rings (SSSR count). The SMILES string of the molecule is CC(C)=CCC(=O)[C@@H](C)[C@H]1CC[C@H]2[C@@H]3CC=C4C(C)(C)[C@@H](O)CC[C@]4(C)[C@H]3CC[C@]12C. The van der Waals surface area contributed by atoms with Crippen LogP contribution < -0.4 is 0 Å². The van der Waals surface area contributed by atoms with E-state index in [0.717, 1.165) is 30.6 Å². The lowest BCUT2D eigenvalue weighted by molar-refractivity contribution is -0.126. The van der Waals surface area contributed by atoms with Crippen LogP contribution in [0.15, 0.2) is 23.3 Å². The summed E-state index contributed by atoms with van der Waals surface area (Å²) in [5, 5.41) is 10.7. The molecule has 0 aliphatic heterocycles. The minimum absolute atomic E-state index is 0.0945. The third kappa shape index (κ3) is 3.51. The van der Waals surface area contributed by atoms with E-state index in [-0.39, 0.29) is 22.9 Å². The van der Waals surface area contributed by atoms with Crippen molar-refractivity contribution in [3.05, 3.63) is 23.3 Å². The molecular formula is C29H46O2. The number of aliphatic hydroxyl groups excluding tert-OH is 1. The molecule has 0 spiro atoms. The van der Waals surface area contributed by atoms with Crippen molar-refractivity contribution in [2.75, 3.05) is 0 Å². The molecule has 1 N–H and O–H groups in total. The number of carbonyl (C=O) groups excluding carboxylic acids is 1. The van der Waals surface area contributed by atoms with Crippen LogP contribution in [0, 0.1) is 45.8 Å². The highest BCUT2D eigenvalue weighted by Crippen LogP contribution is 2.68. The van der Waals surface area contributed by atoms with Gasteiger partial charge in [-0.2, -0.15) is 0 Å². The first kappa shape index (κ1) is 23.3. The fourth-order valence-corrected chi connectivity index (χ4v) is 8.97. The summed E-state index contributed by atoms with van der Waals surface area (Å²) in [5.74, 6) is 3.41. The fourth-order valence-electron chi connectivity index (χ4n) is 8.97. The Morgan fingerprint density at radius 3 is 2.48 bits per heavy atom. The van der Waals surface area contributed by atoms with Crippen molar-refractivity contribution in [1.82, 2.24) is 0 Å². The van der Waals surface area contributed by atoms with Gasteiger partial charge in [-0.1, -0.05) is 57.9 Å². The lowest BCUT2D eigenvalue weighted by atomic mass is 9.44. The molecule has 2 nitrogen and oxygen atoms in total. The molecule has 0 amide bonds. The van der Waals surface area contributed by atoms with Crippen LogP contribution in [-0.4, -0.2) is 17.0 Å². The lowest BCUT2D eigenvalue weighted by Crippen LogP contribution is -2.54. The molecular weight excluding hydrogens is 380 g/mol. The van der Waals surface area contributed by atoms with Gasteiger partial charge in [0.25, 0.3) is 0 Å². The summed E-state index contributed by atoms with van der Waals surface area (Å²) in [4.78, 5) is 13.0. The number of Topliss-reactive ketones (excluding diaryl/α,β-unsaturated/α-hetero) is 1. The van der Waals surface area contributed by atoms with Crippen LogP contribution in [0.3, 0.4) is 0 Å². The van der Waals surface area contributed by atoms with Crippen LogP contribution in [0.1, 0.15) is 99.8 Å². The van der Waals surface area contributed by atoms with Crippen molar-refractivity contribution >= 4 is 5.78 Å². The molecule has 0 bridgehead atoms. The molecule has 3 fully saturated rings. The summed E-state index contributed by atoms with van der Waals surface area (Å²) < 4.78 is 0. The minimum atomic E-state index is -0.208. The first-order valence-corrected chi connectivity index (χ1v) is 13.0. The smallest absolute Gasteiger partial charge is 0.139 e. The molecule has 0 heterocycles. The Morgan fingerprint density at radius 1 is 1.10 bits per heavy atom. The topological polar surface area (TPSA) is 37.3 Å². The standard InChI is InChI=1S/C29H46O2/c1-18(2)8-12-24(30)19(3)21-10-11-22-20-9-13-25-27(4,5)26(31)15-17-29(25,7)23(20)14-16-28(21,22)6/h8,13,19-23,26,31H,9-12,14-17H2,1-7H3/t19-,20-,21+,22-,23-,26-,28+,29+/m0/s1. The quantitative estimate of drug-likeness (QED) is 0.486. The summed E-state index contributed by atoms with van der Waals surface area (Å²) in [6.07, 6.45) is 13.4. The molecule has 0 aromatic heterocycles. The molecule has 0 saturated heterocycles. The molecule has 4 aliphatic carbocycles. The zero-order chi connectivity index (χ0) is 22.8. The van der Waals surface area contributed by atoms with Crippen molar-refractivity contribution in [3.63, 3.8) is 0 Å². The van der Waals surface area contributed by atoms with E-state index >= 15 is 0 Å². The zero-order valence-corrected chi connectivity index (χ0v) is 21.1. The molecule has 0 radical (unpaired) electrons. The number of hydrogen-bond acceptors (Lipinski definition) is 2. The van der Waals surface area contributed by atoms with E-state index in [1.165, 1.54) is 37.7 Å². The van der Waals surface area contributed by atoms with Crippen molar-refractivity contribution in [3.8, 4) is 0 Å². The Bertz CT molecular complexity index is 785. The lowest BCUT2D eigenvalue weighted by Gasteiger charge is -2.61. The van der Waals surface area contributed by atoms with Gasteiger partial charge in [0.15, 0.2) is 0 Å². The van der Waals surface area contributed by atoms with Crippen molar-refractivity contribution in [1.29, 1.82) is 0 Å². The number of ketones is 1. The van der Waals surface area contributed by atoms with Gasteiger partial charge < -0.3 is 5.11 Å². The fraction of sp³-hybridized carbons (Fsp3) is 0.828. The van der Waals surface area contributed by atoms with Gasteiger partial charge in [0.2, 0.25) is 0 Å². The largest absolute Gasteiger partial charge is 0.392 e. The van der Waals surface area contributed by atoms with Gasteiger partial charge in [-0.25, -0.2) is 0 Å². The number of rotatable bonds is 4. The third-order valence-corrected chi connectivity index (χ3v) is 10.8. The van der Waals surface area contributed by atoms with Gasteiger partial charge in [-0.15, -0.1) is 0 Å². The van der Waals surface area contributed by atoms with E-state index in [0.29, 0.717) is 23.5 Å². The molecule has 174 valence electrons. The highest BCUT2D eigenvalue weighted by Gasteiger charge is 2.61. The van der Waals surface area contributed by atoms with E-state index in [2.05, 4.69) is 60.6 Å². The van der Waals surface area contributed by atoms with Crippen LogP contribution in [0.2, 0.25) is 0 Å². The predicted octanol–water partition coefficient (Wildman–Crippen LogP) is 7.12. The molecule has 8 atom stereocenters. The van der Waals surface area contributed by atoms with Crippen molar-refractivity contribution in [2.24, 2.45) is 45.8 Å². The zero-order valence-electron chi connectivity index (χ0n) is 21.1. The van der Waals surface area contributed by atoms with Gasteiger partial charge >= 0.3 is 0 Å². The van der Waals surface area contributed by atoms with E-state index in [1.807, 2.05) is 0 Å². The van der Waals surface area contributed by atoms with E-state index in [9.17, 15) is 9.90 Å². The second-order valence-electron chi connectivity index (χ2n) is 12.9. The van der Waals surface area contributed by atoms with Gasteiger partial charge in [0.05, 0.1) is 6.10 Å². The van der Waals surface area contributed by atoms with Gasteiger partial charge in [-0.3, -0.25) is 4.79 Å². The van der Waals surface area contributed by atoms with Crippen LogP contribution in [0.5, 0.6) is 0 Å².